The largest absolute Gasteiger partial charge is 0.494 e. The van der Waals surface area contributed by atoms with Crippen LogP contribution < -0.4 is 20.1 Å². The van der Waals surface area contributed by atoms with E-state index in [0.717, 1.165) is 0 Å². The van der Waals surface area contributed by atoms with Crippen LogP contribution in [-0.2, 0) is 4.79 Å². The number of benzene rings is 2. The molecule has 8 heteroatoms. The number of ether oxygens (including phenoxy) is 2. The van der Waals surface area contributed by atoms with Crippen LogP contribution in [0.4, 0.5) is 0 Å². The first-order chi connectivity index (χ1) is 16.0. The third-order valence-corrected chi connectivity index (χ3v) is 5.55. The van der Waals surface area contributed by atoms with E-state index in [2.05, 4.69) is 10.6 Å². The summed E-state index contributed by atoms with van der Waals surface area (Å²) in [6.45, 7) is 2.99. The molecule has 2 aromatic carbocycles. The van der Waals surface area contributed by atoms with E-state index in [1.807, 2.05) is 6.92 Å². The first-order valence-corrected chi connectivity index (χ1v) is 11.2. The molecule has 0 saturated heterocycles. The van der Waals surface area contributed by atoms with E-state index in [1.165, 1.54) is 0 Å². The Bertz CT molecular complexity index is 952. The Labute approximate surface area is 193 Å². The lowest BCUT2D eigenvalue weighted by molar-refractivity contribution is -0.143. The minimum atomic E-state index is -0.737. The molecule has 1 aliphatic carbocycles. The van der Waals surface area contributed by atoms with Gasteiger partial charge in [-0.2, -0.15) is 0 Å². The van der Waals surface area contributed by atoms with Crippen molar-refractivity contribution in [1.29, 1.82) is 0 Å². The maximum absolute atomic E-state index is 12.3. The summed E-state index contributed by atoms with van der Waals surface area (Å²) >= 11 is 0. The van der Waals surface area contributed by atoms with Crippen molar-refractivity contribution < 1.29 is 29.0 Å². The van der Waals surface area contributed by atoms with Crippen LogP contribution in [0.15, 0.2) is 48.5 Å². The normalized spacial score (nSPS) is 17.6. The SMILES string of the molecule is CCOc1cccc(C(=O)NCCNC(=O)c2ccc(O[C@H]3CC[C@@H](C(=O)O)CC3)cc2)c1. The molecule has 2 amide bonds. The Morgan fingerprint density at radius 1 is 0.879 bits per heavy atom. The number of nitrogens with one attached hydrogen (secondary N) is 2. The number of aliphatic carboxylic acids is 1. The molecule has 0 spiro atoms. The molecular formula is C25H30N2O6. The molecule has 0 unspecified atom stereocenters. The van der Waals surface area contributed by atoms with Gasteiger partial charge in [-0.25, -0.2) is 0 Å². The van der Waals surface area contributed by atoms with Gasteiger partial charge in [0, 0.05) is 24.2 Å². The van der Waals surface area contributed by atoms with Crippen molar-refractivity contribution in [3.63, 3.8) is 0 Å². The third-order valence-electron chi connectivity index (χ3n) is 5.55. The number of hydrogen-bond acceptors (Lipinski definition) is 5. The highest BCUT2D eigenvalue weighted by Crippen LogP contribution is 2.28. The van der Waals surface area contributed by atoms with E-state index in [9.17, 15) is 14.4 Å². The molecule has 0 bridgehead atoms. The molecule has 2 aromatic rings. The van der Waals surface area contributed by atoms with Gasteiger partial charge in [-0.15, -0.1) is 0 Å². The van der Waals surface area contributed by atoms with Crippen molar-refractivity contribution in [2.75, 3.05) is 19.7 Å². The first kappa shape index (κ1) is 24.1. The number of carbonyl (C=O) groups excluding carboxylic acids is 2. The van der Waals surface area contributed by atoms with Gasteiger partial charge in [0.25, 0.3) is 11.8 Å². The van der Waals surface area contributed by atoms with Crippen molar-refractivity contribution >= 4 is 17.8 Å². The number of rotatable bonds is 10. The molecule has 3 rings (SSSR count). The summed E-state index contributed by atoms with van der Waals surface area (Å²) in [6.07, 6.45) is 2.66. The Hall–Kier alpha value is -3.55. The van der Waals surface area contributed by atoms with Crippen LogP contribution in [0.3, 0.4) is 0 Å². The molecule has 0 aliphatic heterocycles. The van der Waals surface area contributed by atoms with Gasteiger partial charge in [-0.05, 0) is 75.1 Å². The first-order valence-electron chi connectivity index (χ1n) is 11.2. The monoisotopic (exact) mass is 454 g/mol. The van der Waals surface area contributed by atoms with Crippen molar-refractivity contribution in [3.8, 4) is 11.5 Å². The summed E-state index contributed by atoms with van der Waals surface area (Å²) in [5, 5.41) is 14.6. The molecule has 3 N–H and O–H groups in total. The smallest absolute Gasteiger partial charge is 0.306 e. The van der Waals surface area contributed by atoms with Gasteiger partial charge in [0.2, 0.25) is 0 Å². The lowest BCUT2D eigenvalue weighted by Gasteiger charge is -2.26. The minimum absolute atomic E-state index is 0.00174. The van der Waals surface area contributed by atoms with E-state index in [0.29, 0.717) is 68.0 Å². The van der Waals surface area contributed by atoms with E-state index >= 15 is 0 Å². The number of amides is 2. The zero-order chi connectivity index (χ0) is 23.6. The van der Waals surface area contributed by atoms with Crippen LogP contribution in [0, 0.1) is 5.92 Å². The molecule has 0 atom stereocenters. The molecule has 176 valence electrons. The summed E-state index contributed by atoms with van der Waals surface area (Å²) in [5.41, 5.74) is 0.993. The van der Waals surface area contributed by atoms with Crippen LogP contribution in [-0.4, -0.2) is 48.7 Å². The van der Waals surface area contributed by atoms with Crippen LogP contribution >= 0.6 is 0 Å². The highest BCUT2D eigenvalue weighted by Gasteiger charge is 2.26. The van der Waals surface area contributed by atoms with Crippen LogP contribution in [0.25, 0.3) is 0 Å². The molecule has 1 saturated carbocycles. The van der Waals surface area contributed by atoms with Crippen LogP contribution in [0.1, 0.15) is 53.3 Å². The van der Waals surface area contributed by atoms with Crippen molar-refractivity contribution in [2.45, 2.75) is 38.7 Å². The van der Waals surface area contributed by atoms with E-state index in [-0.39, 0.29) is 23.8 Å². The highest BCUT2D eigenvalue weighted by molar-refractivity contribution is 5.95. The lowest BCUT2D eigenvalue weighted by Crippen LogP contribution is -2.34. The molecule has 1 aliphatic rings. The average molecular weight is 455 g/mol. The summed E-state index contributed by atoms with van der Waals surface area (Å²) < 4.78 is 11.3. The van der Waals surface area contributed by atoms with E-state index in [4.69, 9.17) is 14.6 Å². The molecule has 8 nitrogen and oxygen atoms in total. The molecule has 33 heavy (non-hydrogen) atoms. The standard InChI is InChI=1S/C25H30N2O6/c1-2-32-22-5-3-4-19(16-22)24(29)27-15-14-26-23(28)17-6-10-20(11-7-17)33-21-12-8-18(9-13-21)25(30)31/h3-7,10-11,16,18,21H,2,8-9,12-15H2,1H3,(H,26,28)(H,27,29)(H,30,31)/t18-,21+. The van der Waals surface area contributed by atoms with Crippen molar-refractivity contribution in [1.82, 2.24) is 10.6 Å². The minimum Gasteiger partial charge on any atom is -0.494 e. The zero-order valence-corrected chi connectivity index (χ0v) is 18.7. The third kappa shape index (κ3) is 7.24. The van der Waals surface area contributed by atoms with Gasteiger partial charge in [-0.1, -0.05) is 6.07 Å². The van der Waals surface area contributed by atoms with Gasteiger partial charge in [0.05, 0.1) is 18.6 Å². The molecule has 0 aromatic heterocycles. The fourth-order valence-electron chi connectivity index (χ4n) is 3.75. The van der Waals surface area contributed by atoms with Gasteiger partial charge >= 0.3 is 5.97 Å². The second kappa shape index (κ2) is 11.9. The second-order valence-corrected chi connectivity index (χ2v) is 7.93. The fourth-order valence-corrected chi connectivity index (χ4v) is 3.75. The topological polar surface area (TPSA) is 114 Å². The summed E-state index contributed by atoms with van der Waals surface area (Å²) in [4.78, 5) is 35.6. The molecule has 0 heterocycles. The van der Waals surface area contributed by atoms with Gasteiger partial charge in [0.1, 0.15) is 11.5 Å². The molecule has 0 radical (unpaired) electrons. The number of carboxylic acids is 1. The molecule has 1 fully saturated rings. The Balaban J connectivity index is 1.39. The zero-order valence-electron chi connectivity index (χ0n) is 18.7. The van der Waals surface area contributed by atoms with Gasteiger partial charge in [0.15, 0.2) is 0 Å². The quantitative estimate of drug-likeness (QED) is 0.475. The summed E-state index contributed by atoms with van der Waals surface area (Å²) in [5.74, 6) is -0.188. The Morgan fingerprint density at radius 2 is 1.52 bits per heavy atom. The fraction of sp³-hybridized carbons (Fsp3) is 0.400. The highest BCUT2D eigenvalue weighted by atomic mass is 16.5. The van der Waals surface area contributed by atoms with Crippen LogP contribution in [0.5, 0.6) is 11.5 Å². The summed E-state index contributed by atoms with van der Waals surface area (Å²) in [6, 6.07) is 13.8. The number of carbonyl (C=O) groups is 3. The number of hydrogen-bond donors (Lipinski definition) is 3. The van der Waals surface area contributed by atoms with Crippen molar-refractivity contribution in [3.05, 3.63) is 59.7 Å². The predicted octanol–water partition coefficient (Wildman–Crippen LogP) is 3.27. The molecular weight excluding hydrogens is 424 g/mol. The van der Waals surface area contributed by atoms with Gasteiger partial charge in [-0.3, -0.25) is 14.4 Å². The number of carboxylic acid groups (broad SMARTS) is 1. The average Bonchev–Trinajstić information content (AvgIpc) is 2.83. The van der Waals surface area contributed by atoms with Crippen LogP contribution in [0.2, 0.25) is 0 Å². The Morgan fingerprint density at radius 3 is 2.12 bits per heavy atom. The maximum atomic E-state index is 12.3. The van der Waals surface area contributed by atoms with Gasteiger partial charge < -0.3 is 25.2 Å². The van der Waals surface area contributed by atoms with E-state index in [1.54, 1.807) is 48.5 Å². The summed E-state index contributed by atoms with van der Waals surface area (Å²) in [7, 11) is 0. The predicted molar refractivity (Wildman–Crippen MR) is 123 cm³/mol. The maximum Gasteiger partial charge on any atom is 0.306 e. The van der Waals surface area contributed by atoms with Crippen molar-refractivity contribution in [2.24, 2.45) is 5.92 Å². The Kier molecular flexibility index (Phi) is 8.69. The lowest BCUT2D eigenvalue weighted by atomic mass is 9.87. The van der Waals surface area contributed by atoms with E-state index < -0.39 is 5.97 Å². The second-order valence-electron chi connectivity index (χ2n) is 7.93.